The molecule has 0 aliphatic rings. The second kappa shape index (κ2) is 9.21. The van der Waals surface area contributed by atoms with Crippen molar-refractivity contribution < 1.29 is 9.47 Å². The third kappa shape index (κ3) is 5.29. The van der Waals surface area contributed by atoms with E-state index >= 15 is 0 Å². The molecule has 2 rings (SSSR count). The van der Waals surface area contributed by atoms with Crippen molar-refractivity contribution in [3.63, 3.8) is 0 Å². The molecule has 3 nitrogen and oxygen atoms in total. The molecule has 0 atom stereocenters. The van der Waals surface area contributed by atoms with Crippen LogP contribution in [0, 0.1) is 6.92 Å². The Labute approximate surface area is 139 Å². The Bertz CT molecular complexity index is 593. The number of para-hydroxylation sites is 1. The van der Waals surface area contributed by atoms with Crippen LogP contribution in [-0.4, -0.2) is 13.2 Å². The molecular formula is C20H27NO2. The third-order valence-corrected chi connectivity index (χ3v) is 3.61. The molecule has 2 aromatic rings. The van der Waals surface area contributed by atoms with Crippen molar-refractivity contribution in [1.29, 1.82) is 0 Å². The molecule has 124 valence electrons. The van der Waals surface area contributed by atoms with Crippen molar-refractivity contribution in [2.45, 2.75) is 40.3 Å². The predicted octanol–water partition coefficient (Wildman–Crippen LogP) is 4.47. The van der Waals surface area contributed by atoms with Crippen LogP contribution in [-0.2, 0) is 13.2 Å². The van der Waals surface area contributed by atoms with E-state index in [2.05, 4.69) is 49.5 Å². The van der Waals surface area contributed by atoms with Crippen LogP contribution in [0.2, 0.25) is 0 Å². The Hall–Kier alpha value is -2.00. The molecule has 0 saturated carbocycles. The minimum Gasteiger partial charge on any atom is -0.490 e. The van der Waals surface area contributed by atoms with E-state index in [1.54, 1.807) is 0 Å². The maximum Gasteiger partial charge on any atom is 0.166 e. The lowest BCUT2D eigenvalue weighted by Gasteiger charge is -2.16. The van der Waals surface area contributed by atoms with E-state index < -0.39 is 0 Å². The molecule has 0 heterocycles. The summed E-state index contributed by atoms with van der Waals surface area (Å²) in [6.07, 6.45) is 1.12. The maximum atomic E-state index is 6.11. The Kier molecular flexibility index (Phi) is 6.95. The molecule has 0 radical (unpaired) electrons. The quantitative estimate of drug-likeness (QED) is 0.693. The van der Waals surface area contributed by atoms with E-state index in [0.717, 1.165) is 42.1 Å². The highest BCUT2D eigenvalue weighted by atomic mass is 16.5. The van der Waals surface area contributed by atoms with Gasteiger partial charge in [0.25, 0.3) is 0 Å². The Morgan fingerprint density at radius 2 is 1.74 bits per heavy atom. The van der Waals surface area contributed by atoms with Crippen LogP contribution in [0.25, 0.3) is 0 Å². The summed E-state index contributed by atoms with van der Waals surface area (Å²) in [6, 6.07) is 14.5. The van der Waals surface area contributed by atoms with E-state index in [0.29, 0.717) is 13.2 Å². The van der Waals surface area contributed by atoms with Gasteiger partial charge >= 0.3 is 0 Å². The zero-order valence-electron chi connectivity index (χ0n) is 14.4. The topological polar surface area (TPSA) is 30.5 Å². The normalized spacial score (nSPS) is 10.6. The van der Waals surface area contributed by atoms with E-state index in [4.69, 9.17) is 9.47 Å². The van der Waals surface area contributed by atoms with Gasteiger partial charge in [-0.25, -0.2) is 0 Å². The van der Waals surface area contributed by atoms with Crippen LogP contribution >= 0.6 is 0 Å². The lowest BCUT2D eigenvalue weighted by Crippen LogP contribution is -2.15. The van der Waals surface area contributed by atoms with Crippen molar-refractivity contribution in [1.82, 2.24) is 5.32 Å². The van der Waals surface area contributed by atoms with Crippen molar-refractivity contribution in [3.05, 3.63) is 59.2 Å². The van der Waals surface area contributed by atoms with Crippen LogP contribution in [0.1, 0.15) is 37.0 Å². The molecule has 0 bridgehead atoms. The summed E-state index contributed by atoms with van der Waals surface area (Å²) in [7, 11) is 0. The number of ether oxygens (including phenoxy) is 2. The zero-order chi connectivity index (χ0) is 16.5. The fraction of sp³-hybridized carbons (Fsp3) is 0.400. The van der Waals surface area contributed by atoms with Gasteiger partial charge in [0, 0.05) is 12.1 Å². The molecule has 0 aliphatic carbocycles. The van der Waals surface area contributed by atoms with Gasteiger partial charge in [-0.1, -0.05) is 48.9 Å². The second-order valence-electron chi connectivity index (χ2n) is 5.63. The van der Waals surface area contributed by atoms with Crippen molar-refractivity contribution >= 4 is 0 Å². The number of aryl methyl sites for hydroxylation is 1. The molecule has 2 aromatic carbocycles. The highest BCUT2D eigenvalue weighted by Gasteiger charge is 2.11. The lowest BCUT2D eigenvalue weighted by molar-refractivity contribution is 0.266. The smallest absolute Gasteiger partial charge is 0.166 e. The van der Waals surface area contributed by atoms with Crippen LogP contribution < -0.4 is 14.8 Å². The zero-order valence-corrected chi connectivity index (χ0v) is 14.4. The first-order valence-corrected chi connectivity index (χ1v) is 8.38. The standard InChI is InChI=1S/C20H27NO2/c1-4-13-21-14-18-7-6-8-19(22-5-2)20(18)23-15-17-11-9-16(3)10-12-17/h6-12,21H,4-5,13-15H2,1-3H3. The maximum absolute atomic E-state index is 6.11. The molecule has 1 N–H and O–H groups in total. The van der Waals surface area contributed by atoms with Gasteiger partial charge < -0.3 is 14.8 Å². The molecule has 0 spiro atoms. The van der Waals surface area contributed by atoms with Gasteiger partial charge in [-0.2, -0.15) is 0 Å². The number of hydrogen-bond acceptors (Lipinski definition) is 3. The predicted molar refractivity (Wildman–Crippen MR) is 95.1 cm³/mol. The van der Waals surface area contributed by atoms with Crippen LogP contribution in [0.15, 0.2) is 42.5 Å². The first-order valence-electron chi connectivity index (χ1n) is 8.38. The number of benzene rings is 2. The summed E-state index contributed by atoms with van der Waals surface area (Å²) in [6.45, 7) is 9.21. The van der Waals surface area contributed by atoms with Gasteiger partial charge in [0.15, 0.2) is 11.5 Å². The van der Waals surface area contributed by atoms with Crippen molar-refractivity contribution in [3.8, 4) is 11.5 Å². The molecule has 0 unspecified atom stereocenters. The summed E-state index contributed by atoms with van der Waals surface area (Å²) in [5.74, 6) is 1.66. The van der Waals surface area contributed by atoms with E-state index in [9.17, 15) is 0 Å². The molecule has 3 heteroatoms. The van der Waals surface area contributed by atoms with Gasteiger partial charge in [-0.3, -0.25) is 0 Å². The molecule has 0 fully saturated rings. The van der Waals surface area contributed by atoms with Crippen molar-refractivity contribution in [2.24, 2.45) is 0 Å². The van der Waals surface area contributed by atoms with Gasteiger partial charge in [0.1, 0.15) is 6.61 Å². The number of rotatable bonds is 9. The first-order chi connectivity index (χ1) is 11.2. The summed E-state index contributed by atoms with van der Waals surface area (Å²) in [4.78, 5) is 0. The number of nitrogens with one attached hydrogen (secondary N) is 1. The molecular weight excluding hydrogens is 286 g/mol. The summed E-state index contributed by atoms with van der Waals surface area (Å²) in [5, 5.41) is 3.43. The average molecular weight is 313 g/mol. The highest BCUT2D eigenvalue weighted by molar-refractivity contribution is 5.46. The molecule has 0 aromatic heterocycles. The van der Waals surface area contributed by atoms with Crippen molar-refractivity contribution in [2.75, 3.05) is 13.2 Å². The molecule has 0 amide bonds. The third-order valence-electron chi connectivity index (χ3n) is 3.61. The van der Waals surface area contributed by atoms with E-state index in [-0.39, 0.29) is 0 Å². The molecule has 0 saturated heterocycles. The Balaban J connectivity index is 2.13. The molecule has 23 heavy (non-hydrogen) atoms. The monoisotopic (exact) mass is 313 g/mol. The van der Waals surface area contributed by atoms with Gasteiger partial charge in [-0.05, 0) is 38.4 Å². The van der Waals surface area contributed by atoms with Gasteiger partial charge in [0.2, 0.25) is 0 Å². The van der Waals surface area contributed by atoms with Gasteiger partial charge in [-0.15, -0.1) is 0 Å². The van der Waals surface area contributed by atoms with E-state index in [1.807, 2.05) is 19.1 Å². The Morgan fingerprint density at radius 3 is 2.43 bits per heavy atom. The summed E-state index contributed by atoms with van der Waals surface area (Å²) >= 11 is 0. The minimum atomic E-state index is 0.547. The van der Waals surface area contributed by atoms with Gasteiger partial charge in [0.05, 0.1) is 6.61 Å². The van der Waals surface area contributed by atoms with Crippen LogP contribution in [0.5, 0.6) is 11.5 Å². The largest absolute Gasteiger partial charge is 0.490 e. The molecule has 0 aliphatic heterocycles. The SMILES string of the molecule is CCCNCc1cccc(OCC)c1OCc1ccc(C)cc1. The van der Waals surface area contributed by atoms with Crippen LogP contribution in [0.3, 0.4) is 0 Å². The fourth-order valence-electron chi connectivity index (χ4n) is 2.37. The first kappa shape index (κ1) is 17.4. The number of hydrogen-bond donors (Lipinski definition) is 1. The highest BCUT2D eigenvalue weighted by Crippen LogP contribution is 2.32. The van der Waals surface area contributed by atoms with Crippen LogP contribution in [0.4, 0.5) is 0 Å². The summed E-state index contributed by atoms with van der Waals surface area (Å²) < 4.78 is 11.9. The minimum absolute atomic E-state index is 0.547. The van der Waals surface area contributed by atoms with E-state index in [1.165, 1.54) is 5.56 Å². The second-order valence-corrected chi connectivity index (χ2v) is 5.63. The lowest BCUT2D eigenvalue weighted by atomic mass is 10.1. The Morgan fingerprint density at radius 1 is 0.957 bits per heavy atom. The summed E-state index contributed by atoms with van der Waals surface area (Å²) in [5.41, 5.74) is 3.55. The average Bonchev–Trinajstić information content (AvgIpc) is 2.56. The fourth-order valence-corrected chi connectivity index (χ4v) is 2.37.